The average Bonchev–Trinajstić information content (AvgIpc) is 2.10. The van der Waals surface area contributed by atoms with Crippen LogP contribution < -0.4 is 10.6 Å². The van der Waals surface area contributed by atoms with E-state index in [2.05, 4.69) is 10.6 Å². The molecule has 62 valence electrons. The zero-order valence-electron chi connectivity index (χ0n) is 7.41. The van der Waals surface area contributed by atoms with Crippen LogP contribution in [0.3, 0.4) is 0 Å². The number of nitrogens with one attached hydrogen (secondary N) is 2. The lowest BCUT2D eigenvalue weighted by Gasteiger charge is -2.22. The van der Waals surface area contributed by atoms with Crippen molar-refractivity contribution in [3.8, 4) is 0 Å². The van der Waals surface area contributed by atoms with E-state index in [1.165, 1.54) is 25.8 Å². The van der Waals surface area contributed by atoms with E-state index in [0.717, 1.165) is 0 Å². The van der Waals surface area contributed by atoms with Gasteiger partial charge < -0.3 is 10.6 Å². The van der Waals surface area contributed by atoms with Crippen LogP contribution in [0.1, 0.15) is 33.1 Å². The Balaban J connectivity index is 0.000000371. The molecule has 2 N–H and O–H groups in total. The highest BCUT2D eigenvalue weighted by Gasteiger charge is 2.07. The first-order valence-electron chi connectivity index (χ1n) is 4.34. The minimum absolute atomic E-state index is 0.587. The number of hydrogen-bond donors (Lipinski definition) is 2. The second-order valence-corrected chi connectivity index (χ2v) is 2.29. The molecule has 2 heteroatoms. The Labute approximate surface area is 64.4 Å². The predicted octanol–water partition coefficient (Wildman–Crippen LogP) is 1.33. The van der Waals surface area contributed by atoms with Gasteiger partial charge in [-0.3, -0.25) is 0 Å². The summed E-state index contributed by atoms with van der Waals surface area (Å²) in [4.78, 5) is 0. The Morgan fingerprint density at radius 2 is 2.00 bits per heavy atom. The van der Waals surface area contributed by atoms with E-state index in [4.69, 9.17) is 0 Å². The van der Waals surface area contributed by atoms with Crippen molar-refractivity contribution in [2.45, 2.75) is 39.3 Å². The summed E-state index contributed by atoms with van der Waals surface area (Å²) < 4.78 is 0. The van der Waals surface area contributed by atoms with Crippen LogP contribution >= 0.6 is 0 Å². The maximum Gasteiger partial charge on any atom is 0.0569 e. The van der Waals surface area contributed by atoms with E-state index in [0.29, 0.717) is 6.17 Å². The van der Waals surface area contributed by atoms with Gasteiger partial charge in [0.25, 0.3) is 0 Å². The molecule has 1 fully saturated rings. The molecule has 0 aliphatic carbocycles. The molecule has 0 aromatic rings. The molecule has 0 aromatic heterocycles. The predicted molar refractivity (Wildman–Crippen MR) is 46.0 cm³/mol. The fourth-order valence-corrected chi connectivity index (χ4v) is 1.10. The van der Waals surface area contributed by atoms with E-state index in [9.17, 15) is 0 Å². The van der Waals surface area contributed by atoms with Crippen molar-refractivity contribution in [1.82, 2.24) is 10.6 Å². The van der Waals surface area contributed by atoms with Gasteiger partial charge in [-0.1, -0.05) is 13.8 Å². The van der Waals surface area contributed by atoms with Crippen molar-refractivity contribution in [2.24, 2.45) is 0 Å². The van der Waals surface area contributed by atoms with Gasteiger partial charge in [0, 0.05) is 0 Å². The molecule has 0 spiro atoms. The molecule has 1 saturated heterocycles. The molecule has 2 nitrogen and oxygen atoms in total. The van der Waals surface area contributed by atoms with Crippen LogP contribution in [0.2, 0.25) is 0 Å². The smallest absolute Gasteiger partial charge is 0.0569 e. The number of piperidine rings is 1. The quantitative estimate of drug-likeness (QED) is 0.580. The van der Waals surface area contributed by atoms with Crippen molar-refractivity contribution in [3.05, 3.63) is 0 Å². The molecule has 0 aromatic carbocycles. The maximum atomic E-state index is 3.36. The van der Waals surface area contributed by atoms with Gasteiger partial charge in [-0.2, -0.15) is 0 Å². The summed E-state index contributed by atoms with van der Waals surface area (Å²) in [5.74, 6) is 0. The van der Waals surface area contributed by atoms with E-state index in [1.54, 1.807) is 0 Å². The van der Waals surface area contributed by atoms with Gasteiger partial charge in [0.1, 0.15) is 0 Å². The van der Waals surface area contributed by atoms with Crippen LogP contribution in [0, 0.1) is 0 Å². The molecule has 1 atom stereocenters. The van der Waals surface area contributed by atoms with E-state index >= 15 is 0 Å². The third-order valence-corrected chi connectivity index (χ3v) is 1.66. The molecular formula is C8H20N2. The fraction of sp³-hybridized carbons (Fsp3) is 1.00. The van der Waals surface area contributed by atoms with Crippen LogP contribution in [0.5, 0.6) is 0 Å². The Hall–Kier alpha value is -0.0800. The Bertz CT molecular complexity index is 58.3. The lowest BCUT2D eigenvalue weighted by atomic mass is 10.1. The first-order chi connectivity index (χ1) is 4.93. The zero-order valence-corrected chi connectivity index (χ0v) is 7.41. The maximum absolute atomic E-state index is 3.36. The van der Waals surface area contributed by atoms with Gasteiger partial charge in [-0.15, -0.1) is 0 Å². The van der Waals surface area contributed by atoms with Gasteiger partial charge in [0.15, 0.2) is 0 Å². The number of hydrogen-bond acceptors (Lipinski definition) is 2. The monoisotopic (exact) mass is 144 g/mol. The molecular weight excluding hydrogens is 124 g/mol. The first-order valence-corrected chi connectivity index (χ1v) is 4.34. The molecule has 1 aliphatic heterocycles. The SMILES string of the molecule is CC.CNC1CCCCN1. The van der Waals surface area contributed by atoms with Crippen LogP contribution in [0.15, 0.2) is 0 Å². The Morgan fingerprint density at radius 3 is 2.30 bits per heavy atom. The van der Waals surface area contributed by atoms with E-state index in [-0.39, 0.29) is 0 Å². The average molecular weight is 144 g/mol. The van der Waals surface area contributed by atoms with Gasteiger partial charge in [-0.05, 0) is 32.9 Å². The minimum atomic E-state index is 0.587. The molecule has 0 bridgehead atoms. The Morgan fingerprint density at radius 1 is 1.30 bits per heavy atom. The number of rotatable bonds is 1. The zero-order chi connectivity index (χ0) is 7.82. The third-order valence-electron chi connectivity index (χ3n) is 1.66. The lowest BCUT2D eigenvalue weighted by Crippen LogP contribution is -2.43. The topological polar surface area (TPSA) is 24.1 Å². The summed E-state index contributed by atoms with van der Waals surface area (Å²) in [6.45, 7) is 5.19. The van der Waals surface area contributed by atoms with Gasteiger partial charge in [0.05, 0.1) is 6.17 Å². The van der Waals surface area contributed by atoms with Crippen molar-refractivity contribution in [1.29, 1.82) is 0 Å². The van der Waals surface area contributed by atoms with Crippen LogP contribution in [-0.4, -0.2) is 19.8 Å². The largest absolute Gasteiger partial charge is 0.305 e. The molecule has 1 heterocycles. The summed E-state index contributed by atoms with van der Waals surface area (Å²) in [7, 11) is 2.00. The summed E-state index contributed by atoms with van der Waals surface area (Å²) >= 11 is 0. The molecule has 1 unspecified atom stereocenters. The van der Waals surface area contributed by atoms with Crippen molar-refractivity contribution in [3.63, 3.8) is 0 Å². The van der Waals surface area contributed by atoms with Crippen molar-refractivity contribution >= 4 is 0 Å². The van der Waals surface area contributed by atoms with Crippen LogP contribution in [0.4, 0.5) is 0 Å². The van der Waals surface area contributed by atoms with E-state index in [1.807, 2.05) is 20.9 Å². The molecule has 0 saturated carbocycles. The molecule has 0 radical (unpaired) electrons. The van der Waals surface area contributed by atoms with Gasteiger partial charge >= 0.3 is 0 Å². The van der Waals surface area contributed by atoms with Crippen molar-refractivity contribution < 1.29 is 0 Å². The first kappa shape index (κ1) is 9.92. The highest BCUT2D eigenvalue weighted by atomic mass is 15.1. The molecule has 0 amide bonds. The second kappa shape index (κ2) is 7.03. The minimum Gasteiger partial charge on any atom is -0.305 e. The van der Waals surface area contributed by atoms with Crippen LogP contribution in [-0.2, 0) is 0 Å². The summed E-state index contributed by atoms with van der Waals surface area (Å²) in [5, 5.41) is 6.55. The molecule has 10 heavy (non-hydrogen) atoms. The van der Waals surface area contributed by atoms with Crippen LogP contribution in [0.25, 0.3) is 0 Å². The Kier molecular flexibility index (Phi) is 6.98. The summed E-state index contributed by atoms with van der Waals surface area (Å²) in [5.41, 5.74) is 0. The normalized spacial score (nSPS) is 24.9. The highest BCUT2D eigenvalue weighted by molar-refractivity contribution is 4.67. The lowest BCUT2D eigenvalue weighted by molar-refractivity contribution is 0.363. The standard InChI is InChI=1S/C6H14N2.C2H6/c1-7-6-4-2-3-5-8-6;1-2/h6-8H,2-5H2,1H3;1-2H3. The molecule has 1 rings (SSSR count). The highest BCUT2D eigenvalue weighted by Crippen LogP contribution is 2.02. The third kappa shape index (κ3) is 3.85. The summed E-state index contributed by atoms with van der Waals surface area (Å²) in [6, 6.07) is 0. The van der Waals surface area contributed by atoms with Crippen molar-refractivity contribution in [2.75, 3.05) is 13.6 Å². The second-order valence-electron chi connectivity index (χ2n) is 2.29. The van der Waals surface area contributed by atoms with Gasteiger partial charge in [0.2, 0.25) is 0 Å². The summed E-state index contributed by atoms with van der Waals surface area (Å²) in [6.07, 6.45) is 4.59. The van der Waals surface area contributed by atoms with E-state index < -0.39 is 0 Å². The fourth-order valence-electron chi connectivity index (χ4n) is 1.10. The van der Waals surface area contributed by atoms with Gasteiger partial charge in [-0.25, -0.2) is 0 Å². The molecule has 1 aliphatic rings.